The molecule has 0 aliphatic heterocycles. The van der Waals surface area contributed by atoms with E-state index >= 15 is 0 Å². The molecule has 0 amide bonds. The van der Waals surface area contributed by atoms with E-state index in [9.17, 15) is 4.79 Å². The molecular weight excluding hydrogens is 416 g/mol. The molecule has 0 unspecified atom stereocenters. The lowest BCUT2D eigenvalue weighted by molar-refractivity contribution is 0.283. The second-order valence-corrected chi connectivity index (χ2v) is 10.0. The van der Waals surface area contributed by atoms with E-state index in [1.165, 1.54) is 24.8 Å². The number of rotatable bonds is 5. The predicted molar refractivity (Wildman–Crippen MR) is 131 cm³/mol. The van der Waals surface area contributed by atoms with E-state index in [1.807, 2.05) is 28.8 Å². The van der Waals surface area contributed by atoms with Gasteiger partial charge in [-0.2, -0.15) is 0 Å². The molecule has 2 aliphatic rings. The Morgan fingerprint density at radius 2 is 1.81 bits per heavy atom. The van der Waals surface area contributed by atoms with Gasteiger partial charge in [0.2, 0.25) is 0 Å². The number of ether oxygens (including phenoxy) is 1. The predicted octanol–water partition coefficient (Wildman–Crippen LogP) is 6.17. The van der Waals surface area contributed by atoms with Gasteiger partial charge in [0.25, 0.3) is 5.56 Å². The smallest absolute Gasteiger partial charge is 0.263 e. The molecule has 2 aromatic carbocycles. The first-order valence-corrected chi connectivity index (χ1v) is 12.7. The summed E-state index contributed by atoms with van der Waals surface area (Å²) in [5.74, 6) is 1.61. The molecule has 0 N–H and O–H groups in total. The molecule has 0 bridgehead atoms. The summed E-state index contributed by atoms with van der Waals surface area (Å²) in [5.41, 5.74) is 5.01. The van der Waals surface area contributed by atoms with Gasteiger partial charge in [-0.3, -0.25) is 9.36 Å². The van der Waals surface area contributed by atoms with E-state index in [-0.39, 0.29) is 11.0 Å². The van der Waals surface area contributed by atoms with Crippen LogP contribution in [0.3, 0.4) is 0 Å². The zero-order valence-corrected chi connectivity index (χ0v) is 19.7. The summed E-state index contributed by atoms with van der Waals surface area (Å²) in [5, 5.41) is 0.753. The van der Waals surface area contributed by atoms with Crippen molar-refractivity contribution in [2.45, 2.75) is 62.4 Å². The highest BCUT2D eigenvalue weighted by molar-refractivity contribution is 7.99. The Bertz CT molecular complexity index is 1190. The minimum absolute atomic E-state index is 0.0782. The summed E-state index contributed by atoms with van der Waals surface area (Å²) in [6.45, 7) is 2.16. The van der Waals surface area contributed by atoms with Crippen LogP contribution in [0.25, 0.3) is 16.9 Å². The summed E-state index contributed by atoms with van der Waals surface area (Å²) >= 11 is 1.65. The van der Waals surface area contributed by atoms with E-state index in [2.05, 4.69) is 31.2 Å². The van der Waals surface area contributed by atoms with Crippen molar-refractivity contribution in [2.24, 2.45) is 0 Å². The van der Waals surface area contributed by atoms with Gasteiger partial charge in [-0.1, -0.05) is 74.3 Å². The van der Waals surface area contributed by atoms with Gasteiger partial charge in [-0.05, 0) is 43.4 Å². The standard InChI is InChI=1S/C27H30N2O2S/c1-3-17-32-26-28-24-20-12-6-5-11-19(20)18-27(15-9-4-10-16-27)23(24)25(30)29(26)21-13-7-8-14-22(21)31-2/h5-8,11-14H,3-4,9-10,15-18H2,1-2H3. The third-order valence-corrected chi connectivity index (χ3v) is 8.10. The molecule has 0 saturated heterocycles. The molecule has 0 radical (unpaired) electrons. The number of nitrogens with zero attached hydrogens (tertiary/aromatic N) is 2. The lowest BCUT2D eigenvalue weighted by Crippen LogP contribution is -2.43. The number of para-hydroxylation sites is 2. The third-order valence-electron chi connectivity index (χ3n) is 6.96. The van der Waals surface area contributed by atoms with Gasteiger partial charge in [0.15, 0.2) is 5.16 Å². The van der Waals surface area contributed by atoms with Crippen molar-refractivity contribution in [2.75, 3.05) is 12.9 Å². The van der Waals surface area contributed by atoms with Crippen LogP contribution < -0.4 is 10.3 Å². The van der Waals surface area contributed by atoms with Crippen molar-refractivity contribution in [3.05, 3.63) is 70.0 Å². The molecular formula is C27H30N2O2S. The van der Waals surface area contributed by atoms with E-state index in [0.717, 1.165) is 59.1 Å². The molecule has 1 aromatic heterocycles. The monoisotopic (exact) mass is 446 g/mol. The van der Waals surface area contributed by atoms with Crippen molar-refractivity contribution in [1.82, 2.24) is 9.55 Å². The summed E-state index contributed by atoms with van der Waals surface area (Å²) in [6, 6.07) is 16.3. The molecule has 32 heavy (non-hydrogen) atoms. The Morgan fingerprint density at radius 3 is 2.59 bits per heavy atom. The van der Waals surface area contributed by atoms with E-state index in [0.29, 0.717) is 5.75 Å². The highest BCUT2D eigenvalue weighted by Crippen LogP contribution is 2.49. The molecule has 5 heteroatoms. The molecule has 1 saturated carbocycles. The summed E-state index contributed by atoms with van der Waals surface area (Å²) < 4.78 is 7.48. The van der Waals surface area contributed by atoms with Crippen LogP contribution in [0, 0.1) is 0 Å². The highest BCUT2D eigenvalue weighted by Gasteiger charge is 2.43. The van der Waals surface area contributed by atoms with Gasteiger partial charge in [0.05, 0.1) is 24.1 Å². The average Bonchev–Trinajstić information content (AvgIpc) is 2.83. The maximum atomic E-state index is 14.4. The van der Waals surface area contributed by atoms with Crippen molar-refractivity contribution in [3.63, 3.8) is 0 Å². The third kappa shape index (κ3) is 3.47. The van der Waals surface area contributed by atoms with Crippen LogP contribution in [-0.4, -0.2) is 22.4 Å². The van der Waals surface area contributed by atoms with E-state index in [1.54, 1.807) is 18.9 Å². The average molecular weight is 447 g/mol. The van der Waals surface area contributed by atoms with Crippen molar-refractivity contribution < 1.29 is 4.74 Å². The molecule has 2 aliphatic carbocycles. The van der Waals surface area contributed by atoms with Crippen molar-refractivity contribution >= 4 is 11.8 Å². The molecule has 166 valence electrons. The Hall–Kier alpha value is -2.53. The number of fused-ring (bicyclic) bond motifs is 4. The number of hydrogen-bond acceptors (Lipinski definition) is 4. The van der Waals surface area contributed by atoms with Crippen LogP contribution in [0.15, 0.2) is 58.5 Å². The zero-order chi connectivity index (χ0) is 22.1. The maximum absolute atomic E-state index is 14.4. The molecule has 1 fully saturated rings. The minimum atomic E-state index is -0.121. The van der Waals surface area contributed by atoms with Crippen LogP contribution >= 0.6 is 11.8 Å². The quantitative estimate of drug-likeness (QED) is 0.347. The molecule has 1 spiro atoms. The van der Waals surface area contributed by atoms with Crippen LogP contribution in [0.4, 0.5) is 0 Å². The second kappa shape index (κ2) is 8.78. The Morgan fingerprint density at radius 1 is 1.06 bits per heavy atom. The van der Waals surface area contributed by atoms with Crippen LogP contribution in [0.5, 0.6) is 5.75 Å². The molecule has 1 heterocycles. The van der Waals surface area contributed by atoms with Gasteiger partial charge in [0, 0.05) is 16.7 Å². The minimum Gasteiger partial charge on any atom is -0.495 e. The first kappa shape index (κ1) is 21.3. The molecule has 5 rings (SSSR count). The number of methoxy groups -OCH3 is 1. The van der Waals surface area contributed by atoms with Gasteiger partial charge in [0.1, 0.15) is 5.75 Å². The lowest BCUT2D eigenvalue weighted by Gasteiger charge is -2.42. The highest BCUT2D eigenvalue weighted by atomic mass is 32.2. The fraction of sp³-hybridized carbons (Fsp3) is 0.407. The SMILES string of the molecule is CCCSc1nc2c(c(=O)n1-c1ccccc1OC)C1(CCCCC1)Cc1ccccc1-2. The lowest BCUT2D eigenvalue weighted by atomic mass is 9.62. The van der Waals surface area contributed by atoms with Gasteiger partial charge in [-0.25, -0.2) is 4.98 Å². The first-order valence-electron chi connectivity index (χ1n) is 11.7. The Kier molecular flexibility index (Phi) is 5.85. The number of aromatic nitrogens is 2. The first-order chi connectivity index (χ1) is 15.7. The van der Waals surface area contributed by atoms with E-state index in [4.69, 9.17) is 9.72 Å². The zero-order valence-electron chi connectivity index (χ0n) is 18.9. The van der Waals surface area contributed by atoms with Gasteiger partial charge >= 0.3 is 0 Å². The number of thioether (sulfide) groups is 1. The molecule has 4 nitrogen and oxygen atoms in total. The summed E-state index contributed by atoms with van der Waals surface area (Å²) in [6.07, 6.45) is 7.64. The van der Waals surface area contributed by atoms with E-state index < -0.39 is 0 Å². The second-order valence-electron chi connectivity index (χ2n) is 8.95. The molecule has 3 aromatic rings. The Balaban J connectivity index is 1.84. The van der Waals surface area contributed by atoms with Gasteiger partial charge in [-0.15, -0.1) is 0 Å². The van der Waals surface area contributed by atoms with Crippen LogP contribution in [0.2, 0.25) is 0 Å². The largest absolute Gasteiger partial charge is 0.495 e. The molecule has 0 atom stereocenters. The topological polar surface area (TPSA) is 44.1 Å². The normalized spacial score (nSPS) is 16.4. The van der Waals surface area contributed by atoms with Crippen molar-refractivity contribution in [1.29, 1.82) is 0 Å². The van der Waals surface area contributed by atoms with Crippen molar-refractivity contribution in [3.8, 4) is 22.7 Å². The maximum Gasteiger partial charge on any atom is 0.263 e. The number of benzene rings is 2. The van der Waals surface area contributed by atoms with Crippen LogP contribution in [0.1, 0.15) is 56.6 Å². The Labute approximate surface area is 194 Å². The summed E-state index contributed by atoms with van der Waals surface area (Å²) in [7, 11) is 1.66. The number of hydrogen-bond donors (Lipinski definition) is 0. The van der Waals surface area contributed by atoms with Crippen LogP contribution in [-0.2, 0) is 11.8 Å². The summed E-state index contributed by atoms with van der Waals surface area (Å²) in [4.78, 5) is 19.6. The fourth-order valence-corrected chi connectivity index (χ4v) is 6.36. The van der Waals surface area contributed by atoms with Gasteiger partial charge < -0.3 is 4.74 Å². The fourth-order valence-electron chi connectivity index (χ4n) is 5.51.